The van der Waals surface area contributed by atoms with E-state index < -0.39 is 10.0 Å². The van der Waals surface area contributed by atoms with Crippen LogP contribution in [0.5, 0.6) is 0 Å². The zero-order chi connectivity index (χ0) is 21.6. The topological polar surface area (TPSA) is 78.5 Å². The molecule has 0 bridgehead atoms. The summed E-state index contributed by atoms with van der Waals surface area (Å²) in [5, 5.41) is 3.29. The molecule has 2 aromatic carbocycles. The molecule has 1 amide bonds. The summed E-state index contributed by atoms with van der Waals surface area (Å²) < 4.78 is 27.8. The second kappa shape index (κ2) is 10.1. The van der Waals surface area contributed by atoms with Crippen LogP contribution in [0.3, 0.4) is 0 Å². The van der Waals surface area contributed by atoms with Gasteiger partial charge in [0, 0.05) is 35.8 Å². The first kappa shape index (κ1) is 23.2. The fraction of sp³-hybridized carbons (Fsp3) is 0.381. The molecule has 0 saturated carbocycles. The molecule has 0 aromatic heterocycles. The zero-order valence-corrected chi connectivity index (χ0v) is 18.7. The minimum absolute atomic E-state index is 0.0103. The van der Waals surface area contributed by atoms with Crippen LogP contribution in [0, 0.1) is 0 Å². The summed E-state index contributed by atoms with van der Waals surface area (Å²) in [5.74, 6) is -0.308. The van der Waals surface area contributed by atoms with Crippen molar-refractivity contribution >= 4 is 33.2 Å². The van der Waals surface area contributed by atoms with E-state index in [9.17, 15) is 13.2 Å². The smallest absolute Gasteiger partial charge is 0.261 e. The molecule has 0 radical (unpaired) electrons. The Kier molecular flexibility index (Phi) is 8.07. The molecule has 29 heavy (non-hydrogen) atoms. The number of hydrogen-bond acceptors (Lipinski definition) is 4. The Hall–Kier alpha value is -2.09. The molecule has 2 aromatic rings. The van der Waals surface area contributed by atoms with Gasteiger partial charge in [0.25, 0.3) is 15.9 Å². The van der Waals surface area contributed by atoms with Gasteiger partial charge in [-0.15, -0.1) is 0 Å². The Labute approximate surface area is 178 Å². The molecule has 0 spiro atoms. The number of nitrogens with one attached hydrogen (secondary N) is 2. The highest BCUT2D eigenvalue weighted by Crippen LogP contribution is 2.20. The van der Waals surface area contributed by atoms with Crippen molar-refractivity contribution < 1.29 is 13.2 Å². The second-order valence-electron chi connectivity index (χ2n) is 7.32. The highest BCUT2D eigenvalue weighted by atomic mass is 35.5. The van der Waals surface area contributed by atoms with E-state index in [1.54, 1.807) is 30.3 Å². The monoisotopic (exact) mass is 437 g/mol. The Balaban J connectivity index is 2.07. The van der Waals surface area contributed by atoms with Crippen LogP contribution < -0.4 is 10.0 Å². The van der Waals surface area contributed by atoms with Crippen molar-refractivity contribution in [3.05, 3.63) is 59.1 Å². The van der Waals surface area contributed by atoms with Gasteiger partial charge in [-0.2, -0.15) is 0 Å². The third-order valence-corrected chi connectivity index (χ3v) is 6.08. The van der Waals surface area contributed by atoms with Crippen molar-refractivity contribution in [2.45, 2.75) is 44.7 Å². The molecular formula is C21H28ClN3O3S. The van der Waals surface area contributed by atoms with Gasteiger partial charge in [-0.3, -0.25) is 14.4 Å². The molecule has 2 N–H and O–H groups in total. The average molecular weight is 438 g/mol. The third kappa shape index (κ3) is 6.73. The van der Waals surface area contributed by atoms with Crippen LogP contribution in [-0.4, -0.2) is 44.4 Å². The van der Waals surface area contributed by atoms with Crippen molar-refractivity contribution in [2.24, 2.45) is 0 Å². The van der Waals surface area contributed by atoms with Crippen LogP contribution in [0.2, 0.25) is 5.02 Å². The van der Waals surface area contributed by atoms with E-state index in [1.165, 1.54) is 18.2 Å². The lowest BCUT2D eigenvalue weighted by molar-refractivity contribution is 0.0939. The van der Waals surface area contributed by atoms with Crippen molar-refractivity contribution in [3.63, 3.8) is 0 Å². The minimum Gasteiger partial charge on any atom is -0.351 e. The van der Waals surface area contributed by atoms with Gasteiger partial charge < -0.3 is 5.32 Å². The summed E-state index contributed by atoms with van der Waals surface area (Å²) in [5.41, 5.74) is 0.648. The number of nitrogens with zero attached hydrogens (tertiary/aromatic N) is 1. The largest absolute Gasteiger partial charge is 0.351 e. The van der Waals surface area contributed by atoms with E-state index in [0.717, 1.165) is 6.54 Å². The Morgan fingerprint density at radius 1 is 1.03 bits per heavy atom. The van der Waals surface area contributed by atoms with Crippen LogP contribution in [-0.2, 0) is 10.0 Å². The van der Waals surface area contributed by atoms with Gasteiger partial charge in [-0.25, -0.2) is 8.42 Å². The van der Waals surface area contributed by atoms with Gasteiger partial charge in [-0.1, -0.05) is 23.7 Å². The number of benzene rings is 2. The van der Waals surface area contributed by atoms with E-state index in [4.69, 9.17) is 11.6 Å². The lowest BCUT2D eigenvalue weighted by Crippen LogP contribution is -2.42. The predicted molar refractivity (Wildman–Crippen MR) is 118 cm³/mol. The molecule has 0 saturated heterocycles. The lowest BCUT2D eigenvalue weighted by Gasteiger charge is -2.30. The summed E-state index contributed by atoms with van der Waals surface area (Å²) in [6.45, 7) is 9.65. The SMILES string of the molecule is CC(C)N(CCNC(=O)c1cccc(S(=O)(=O)Nc2cccc(Cl)c2)c1)C(C)C. The van der Waals surface area contributed by atoms with E-state index in [-0.39, 0.29) is 10.8 Å². The van der Waals surface area contributed by atoms with Crippen LogP contribution in [0.1, 0.15) is 38.1 Å². The number of anilines is 1. The average Bonchev–Trinajstić information content (AvgIpc) is 2.64. The molecule has 2 rings (SSSR count). The Morgan fingerprint density at radius 3 is 2.31 bits per heavy atom. The number of halogens is 1. The molecule has 0 aliphatic carbocycles. The van der Waals surface area contributed by atoms with Crippen LogP contribution in [0.25, 0.3) is 0 Å². The molecular weight excluding hydrogens is 410 g/mol. The maximum atomic E-state index is 12.6. The normalized spacial score (nSPS) is 11.9. The maximum absolute atomic E-state index is 12.6. The number of carbonyl (C=O) groups is 1. The molecule has 0 unspecified atom stereocenters. The van der Waals surface area contributed by atoms with E-state index >= 15 is 0 Å². The van der Waals surface area contributed by atoms with Crippen molar-refractivity contribution in [1.82, 2.24) is 10.2 Å². The third-order valence-electron chi connectivity index (χ3n) is 4.47. The fourth-order valence-corrected chi connectivity index (χ4v) is 4.37. The highest BCUT2D eigenvalue weighted by Gasteiger charge is 2.17. The van der Waals surface area contributed by atoms with E-state index in [2.05, 4.69) is 42.6 Å². The molecule has 6 nitrogen and oxygen atoms in total. The summed E-state index contributed by atoms with van der Waals surface area (Å²) in [7, 11) is -3.84. The lowest BCUT2D eigenvalue weighted by atomic mass is 10.2. The quantitative estimate of drug-likeness (QED) is 0.621. The molecule has 0 fully saturated rings. The summed E-state index contributed by atoms with van der Waals surface area (Å²) in [6, 6.07) is 13.1. The highest BCUT2D eigenvalue weighted by molar-refractivity contribution is 7.92. The van der Waals surface area contributed by atoms with Gasteiger partial charge in [0.05, 0.1) is 10.6 Å². The second-order valence-corrected chi connectivity index (χ2v) is 9.44. The fourth-order valence-electron chi connectivity index (χ4n) is 3.08. The predicted octanol–water partition coefficient (Wildman–Crippen LogP) is 3.99. The van der Waals surface area contributed by atoms with E-state index in [1.807, 2.05) is 0 Å². The van der Waals surface area contributed by atoms with Gasteiger partial charge in [0.1, 0.15) is 0 Å². The first-order valence-electron chi connectivity index (χ1n) is 9.52. The number of amides is 1. The van der Waals surface area contributed by atoms with Crippen molar-refractivity contribution in [2.75, 3.05) is 17.8 Å². The Morgan fingerprint density at radius 2 is 1.69 bits per heavy atom. The number of rotatable bonds is 9. The van der Waals surface area contributed by atoms with Gasteiger partial charge >= 0.3 is 0 Å². The maximum Gasteiger partial charge on any atom is 0.261 e. The van der Waals surface area contributed by atoms with Crippen molar-refractivity contribution in [3.8, 4) is 0 Å². The summed E-state index contributed by atoms with van der Waals surface area (Å²) in [4.78, 5) is 14.8. The molecule has 0 heterocycles. The number of carbonyl (C=O) groups excluding carboxylic acids is 1. The molecule has 0 aliphatic rings. The number of hydrogen-bond donors (Lipinski definition) is 2. The van der Waals surface area contributed by atoms with Crippen LogP contribution in [0.4, 0.5) is 5.69 Å². The number of sulfonamides is 1. The van der Waals surface area contributed by atoms with Crippen LogP contribution in [0.15, 0.2) is 53.4 Å². The molecule has 0 atom stereocenters. The first-order chi connectivity index (χ1) is 13.6. The van der Waals surface area contributed by atoms with Gasteiger partial charge in [0.15, 0.2) is 0 Å². The van der Waals surface area contributed by atoms with E-state index in [0.29, 0.717) is 34.9 Å². The minimum atomic E-state index is -3.84. The molecule has 158 valence electrons. The molecule has 0 aliphatic heterocycles. The summed E-state index contributed by atoms with van der Waals surface area (Å²) in [6.07, 6.45) is 0. The van der Waals surface area contributed by atoms with Gasteiger partial charge in [0.2, 0.25) is 0 Å². The molecule has 8 heteroatoms. The summed E-state index contributed by atoms with van der Waals surface area (Å²) >= 11 is 5.90. The van der Waals surface area contributed by atoms with Gasteiger partial charge in [-0.05, 0) is 64.1 Å². The Bertz CT molecular complexity index is 938. The first-order valence-corrected chi connectivity index (χ1v) is 11.4. The van der Waals surface area contributed by atoms with Crippen LogP contribution >= 0.6 is 11.6 Å². The standard InChI is InChI=1S/C21H28ClN3O3S/c1-15(2)25(16(3)4)12-11-23-21(26)17-7-5-10-20(13-17)29(27,28)24-19-9-6-8-18(22)14-19/h5-10,13-16,24H,11-12H2,1-4H3,(H,23,26). The zero-order valence-electron chi connectivity index (χ0n) is 17.1. The van der Waals surface area contributed by atoms with Crippen molar-refractivity contribution in [1.29, 1.82) is 0 Å².